The molecule has 0 bridgehead atoms. The summed E-state index contributed by atoms with van der Waals surface area (Å²) in [6, 6.07) is 13.7. The molecule has 0 aliphatic carbocycles. The van der Waals surface area contributed by atoms with Gasteiger partial charge >= 0.3 is 5.69 Å². The van der Waals surface area contributed by atoms with Gasteiger partial charge in [-0.15, -0.1) is 11.8 Å². The van der Waals surface area contributed by atoms with Crippen LogP contribution in [-0.2, 0) is 13.0 Å². The monoisotopic (exact) mass is 489 g/mol. The predicted molar refractivity (Wildman–Crippen MR) is 132 cm³/mol. The largest absolute Gasteiger partial charge is 0.369 e. The van der Waals surface area contributed by atoms with Gasteiger partial charge in [0.15, 0.2) is 0 Å². The standard InChI is InChI=1S/C23H25Cl2N5OS/c24-17-3-1-4-19(15-17)28-12-10-27(11-13-28)8-2-9-29-23(31)30-20-6-5-18(25)16-21(20)32-14-7-22(30)26-29/h1,3-6,15-16H,2,7-14H2. The highest BCUT2D eigenvalue weighted by atomic mass is 35.5. The highest BCUT2D eigenvalue weighted by Crippen LogP contribution is 2.32. The second-order valence-corrected chi connectivity index (χ2v) is 10.1. The molecule has 3 aromatic rings. The Morgan fingerprint density at radius 2 is 1.78 bits per heavy atom. The first-order valence-corrected chi connectivity index (χ1v) is 12.7. The van der Waals surface area contributed by atoms with Crippen molar-refractivity contribution in [1.29, 1.82) is 0 Å². The van der Waals surface area contributed by atoms with E-state index < -0.39 is 0 Å². The fraction of sp³-hybridized carbons (Fsp3) is 0.391. The molecule has 0 N–H and O–H groups in total. The molecule has 1 fully saturated rings. The van der Waals surface area contributed by atoms with Crippen LogP contribution in [-0.4, -0.2) is 57.7 Å². The molecule has 2 aliphatic heterocycles. The molecule has 5 rings (SSSR count). The molecular formula is C23H25Cl2N5OS. The van der Waals surface area contributed by atoms with Gasteiger partial charge in [0.25, 0.3) is 0 Å². The van der Waals surface area contributed by atoms with Gasteiger partial charge in [-0.2, -0.15) is 5.10 Å². The highest BCUT2D eigenvalue weighted by molar-refractivity contribution is 7.99. The smallest absolute Gasteiger partial charge is 0.350 e. The average Bonchev–Trinajstić information content (AvgIpc) is 2.98. The third-order valence-electron chi connectivity index (χ3n) is 6.04. The van der Waals surface area contributed by atoms with E-state index in [1.165, 1.54) is 5.69 Å². The average molecular weight is 490 g/mol. The summed E-state index contributed by atoms with van der Waals surface area (Å²) in [6.07, 6.45) is 1.67. The number of benzene rings is 2. The van der Waals surface area contributed by atoms with E-state index in [1.807, 2.05) is 36.4 Å². The molecule has 0 unspecified atom stereocenters. The highest BCUT2D eigenvalue weighted by Gasteiger charge is 2.22. The van der Waals surface area contributed by atoms with Crippen LogP contribution in [0.1, 0.15) is 12.2 Å². The Morgan fingerprint density at radius 1 is 0.969 bits per heavy atom. The second kappa shape index (κ2) is 9.51. The number of aromatic nitrogens is 3. The molecule has 0 spiro atoms. The molecular weight excluding hydrogens is 465 g/mol. The molecule has 9 heteroatoms. The van der Waals surface area contributed by atoms with Gasteiger partial charge in [-0.05, 0) is 42.8 Å². The first-order chi connectivity index (χ1) is 15.6. The summed E-state index contributed by atoms with van der Waals surface area (Å²) < 4.78 is 3.39. The fourth-order valence-electron chi connectivity index (χ4n) is 4.39. The lowest BCUT2D eigenvalue weighted by Crippen LogP contribution is -2.46. The SMILES string of the molecule is O=c1n(CCCN2CCN(c3cccc(Cl)c3)CC2)nc2n1-c1ccc(Cl)cc1SCC2. The Bertz CT molecular complexity index is 1170. The summed E-state index contributed by atoms with van der Waals surface area (Å²) in [4.78, 5) is 19.0. The molecule has 3 heterocycles. The minimum atomic E-state index is -0.0585. The summed E-state index contributed by atoms with van der Waals surface area (Å²) in [5.74, 6) is 1.72. The minimum absolute atomic E-state index is 0.0585. The first-order valence-electron chi connectivity index (χ1n) is 10.9. The van der Waals surface area contributed by atoms with Crippen molar-refractivity contribution in [3.8, 4) is 5.69 Å². The van der Waals surface area contributed by atoms with Crippen molar-refractivity contribution in [2.24, 2.45) is 0 Å². The molecule has 0 amide bonds. The zero-order valence-corrected chi connectivity index (χ0v) is 20.0. The van der Waals surface area contributed by atoms with Crippen molar-refractivity contribution in [2.75, 3.05) is 43.4 Å². The maximum atomic E-state index is 13.1. The van der Waals surface area contributed by atoms with Gasteiger partial charge in [-0.3, -0.25) is 4.90 Å². The predicted octanol–water partition coefficient (Wildman–Crippen LogP) is 4.20. The van der Waals surface area contributed by atoms with Gasteiger partial charge in [0.05, 0.1) is 5.69 Å². The molecule has 0 saturated carbocycles. The molecule has 0 atom stereocenters. The number of aryl methyl sites for hydroxylation is 2. The van der Waals surface area contributed by atoms with Crippen LogP contribution in [0.3, 0.4) is 0 Å². The number of fused-ring (bicyclic) bond motifs is 3. The second-order valence-electron chi connectivity index (χ2n) is 8.13. The third-order valence-corrected chi connectivity index (χ3v) is 7.56. The van der Waals surface area contributed by atoms with Crippen LogP contribution in [0.25, 0.3) is 5.69 Å². The van der Waals surface area contributed by atoms with Gasteiger partial charge in [0.1, 0.15) is 5.82 Å². The van der Waals surface area contributed by atoms with Gasteiger partial charge in [0, 0.05) is 72.1 Å². The van der Waals surface area contributed by atoms with Crippen LogP contribution in [0.15, 0.2) is 52.2 Å². The van der Waals surface area contributed by atoms with Crippen molar-refractivity contribution >= 4 is 40.7 Å². The van der Waals surface area contributed by atoms with Gasteiger partial charge < -0.3 is 4.90 Å². The van der Waals surface area contributed by atoms with E-state index in [4.69, 9.17) is 23.2 Å². The fourth-order valence-corrected chi connectivity index (χ4v) is 5.83. The van der Waals surface area contributed by atoms with Gasteiger partial charge in [-0.25, -0.2) is 14.0 Å². The Morgan fingerprint density at radius 3 is 2.59 bits per heavy atom. The van der Waals surface area contributed by atoms with Crippen LogP contribution in [0, 0.1) is 0 Å². The van der Waals surface area contributed by atoms with E-state index >= 15 is 0 Å². The first kappa shape index (κ1) is 21.9. The zero-order valence-electron chi connectivity index (χ0n) is 17.7. The Hall–Kier alpha value is -1.93. The van der Waals surface area contributed by atoms with Crippen molar-refractivity contribution < 1.29 is 0 Å². The molecule has 2 aromatic carbocycles. The number of thioether (sulfide) groups is 1. The number of anilines is 1. The summed E-state index contributed by atoms with van der Waals surface area (Å²) in [5.41, 5.74) is 2.01. The number of rotatable bonds is 5. The molecule has 2 aliphatic rings. The number of halogens is 2. The number of hydrogen-bond donors (Lipinski definition) is 0. The third kappa shape index (κ3) is 4.57. The topological polar surface area (TPSA) is 46.3 Å². The van der Waals surface area contributed by atoms with Crippen molar-refractivity contribution in [3.05, 3.63) is 68.8 Å². The zero-order chi connectivity index (χ0) is 22.1. The molecule has 0 radical (unpaired) electrons. The summed E-state index contributed by atoms with van der Waals surface area (Å²) in [6.45, 7) is 5.56. The van der Waals surface area contributed by atoms with E-state index in [2.05, 4.69) is 21.0 Å². The van der Waals surface area contributed by atoms with Crippen molar-refractivity contribution in [2.45, 2.75) is 24.3 Å². The Labute approximate surface area is 201 Å². The lowest BCUT2D eigenvalue weighted by molar-refractivity contribution is 0.248. The van der Waals surface area contributed by atoms with E-state index in [0.29, 0.717) is 11.6 Å². The van der Waals surface area contributed by atoms with Crippen LogP contribution in [0.2, 0.25) is 10.0 Å². The Kier molecular flexibility index (Phi) is 6.51. The number of nitrogens with zero attached hydrogens (tertiary/aromatic N) is 5. The van der Waals surface area contributed by atoms with E-state index in [0.717, 1.165) is 72.7 Å². The molecule has 168 valence electrons. The van der Waals surface area contributed by atoms with Gasteiger partial charge in [0.2, 0.25) is 0 Å². The lowest BCUT2D eigenvalue weighted by atomic mass is 10.2. The van der Waals surface area contributed by atoms with Crippen LogP contribution in [0.4, 0.5) is 5.69 Å². The minimum Gasteiger partial charge on any atom is -0.369 e. The number of hydrogen-bond acceptors (Lipinski definition) is 5. The molecule has 1 saturated heterocycles. The summed E-state index contributed by atoms with van der Waals surface area (Å²) >= 11 is 14.0. The quantitative estimate of drug-likeness (QED) is 0.537. The van der Waals surface area contributed by atoms with Crippen LogP contribution < -0.4 is 10.6 Å². The molecule has 6 nitrogen and oxygen atoms in total. The van der Waals surface area contributed by atoms with Crippen molar-refractivity contribution in [3.63, 3.8) is 0 Å². The maximum Gasteiger partial charge on any atom is 0.350 e. The van der Waals surface area contributed by atoms with E-state index in [9.17, 15) is 4.79 Å². The molecule has 32 heavy (non-hydrogen) atoms. The Balaban J connectivity index is 1.20. The van der Waals surface area contributed by atoms with Crippen LogP contribution in [0.5, 0.6) is 0 Å². The summed E-state index contributed by atoms with van der Waals surface area (Å²) in [7, 11) is 0. The van der Waals surface area contributed by atoms with Crippen molar-refractivity contribution in [1.82, 2.24) is 19.2 Å². The maximum absolute atomic E-state index is 13.1. The summed E-state index contributed by atoms with van der Waals surface area (Å²) in [5, 5.41) is 6.12. The molecule has 1 aromatic heterocycles. The number of piperazine rings is 1. The lowest BCUT2D eigenvalue weighted by Gasteiger charge is -2.36. The van der Waals surface area contributed by atoms with E-state index in [-0.39, 0.29) is 5.69 Å². The normalized spacial score (nSPS) is 16.5. The van der Waals surface area contributed by atoms with E-state index in [1.54, 1.807) is 21.0 Å². The van der Waals surface area contributed by atoms with Gasteiger partial charge in [-0.1, -0.05) is 29.3 Å². The van der Waals surface area contributed by atoms with Crippen LogP contribution >= 0.6 is 35.0 Å².